The van der Waals surface area contributed by atoms with E-state index in [1.165, 1.54) is 47.8 Å². The number of hydrogen-bond acceptors (Lipinski definition) is 13. The first kappa shape index (κ1) is 47.1. The average Bonchev–Trinajstić information content (AvgIpc) is 2.97. The van der Waals surface area contributed by atoms with E-state index in [2.05, 4.69) is 36.5 Å². The first-order valence-corrected chi connectivity index (χ1v) is 17.9. The molecule has 0 spiro atoms. The molecule has 0 aliphatic heterocycles. The molecule has 3 aromatic rings. The van der Waals surface area contributed by atoms with Gasteiger partial charge in [0.05, 0.1) is 22.0 Å². The van der Waals surface area contributed by atoms with Crippen LogP contribution in [0.4, 0.5) is 35.9 Å². The van der Waals surface area contributed by atoms with Crippen molar-refractivity contribution in [2.75, 3.05) is 43.1 Å². The Hall–Kier alpha value is -3.35. The Balaban J connectivity index is -0.000000516. The lowest BCUT2D eigenvalue weighted by Gasteiger charge is -1.98. The van der Waals surface area contributed by atoms with Gasteiger partial charge in [-0.1, -0.05) is 42.9 Å². The molecule has 46 heavy (non-hydrogen) atoms. The van der Waals surface area contributed by atoms with Crippen molar-refractivity contribution in [1.29, 1.82) is 0 Å². The number of nitrogens with two attached hydrogens (primary N) is 2. The zero-order valence-electron chi connectivity index (χ0n) is 25.4. The Morgan fingerprint density at radius 1 is 0.739 bits per heavy atom. The molecule has 3 aromatic carbocycles. The molecule has 3 rings (SSSR count). The van der Waals surface area contributed by atoms with Gasteiger partial charge in [0.25, 0.3) is 11.4 Å². The monoisotopic (exact) mass is 727 g/mol. The Bertz CT molecular complexity index is 1290. The second-order valence-electron chi connectivity index (χ2n) is 8.45. The van der Waals surface area contributed by atoms with E-state index >= 15 is 0 Å². The molecule has 18 heteroatoms. The molecule has 0 bridgehead atoms. The van der Waals surface area contributed by atoms with Gasteiger partial charge in [0.15, 0.2) is 5.34 Å². The summed E-state index contributed by atoms with van der Waals surface area (Å²) in [5.41, 5.74) is 10.5. The van der Waals surface area contributed by atoms with Crippen molar-refractivity contribution < 1.29 is 27.9 Å². The van der Waals surface area contributed by atoms with Crippen LogP contribution in [0, 0.1) is 48.5 Å². The maximum absolute atomic E-state index is 12.7. The standard InChI is InChI=1S/C7H6FNO2S.C7H8FNS.C6H5FN2O2.C5H11NO2.C2H6S2.CH4/c1-12-7-3-5(8)2-6(4-7)9(10)11;1-10-7-3-5(8)2-6(9)4-7;7-4-1-5(8)3-6(2-4)9(10)11;1-5(2)3-4-8-6-7;1-3-4-2;/h2-4H,1H3;2-4H,9H2,1H3;1-3H,8H2;5H,3-4H2,1-2H3;1-2H3;1H4. The van der Waals surface area contributed by atoms with E-state index in [4.69, 9.17) is 11.5 Å². The summed E-state index contributed by atoms with van der Waals surface area (Å²) in [7, 11) is 3.55. The van der Waals surface area contributed by atoms with Gasteiger partial charge in [-0.15, -0.1) is 28.4 Å². The molecular weight excluding hydrogens is 688 g/mol. The van der Waals surface area contributed by atoms with E-state index in [0.717, 1.165) is 35.6 Å². The summed E-state index contributed by atoms with van der Waals surface area (Å²) in [5.74, 6) is -0.966. The number of benzene rings is 3. The quantitative estimate of drug-likeness (QED) is 0.0406. The number of rotatable bonds is 9. The lowest BCUT2D eigenvalue weighted by Crippen LogP contribution is -1.93. The third-order valence-electron chi connectivity index (χ3n) is 4.55. The molecule has 11 nitrogen and oxygen atoms in total. The number of hydrogen-bond donors (Lipinski definition) is 2. The van der Waals surface area contributed by atoms with Gasteiger partial charge in [-0.3, -0.25) is 20.2 Å². The fourth-order valence-electron chi connectivity index (χ4n) is 2.50. The molecular formula is C28H40F3N5O6S4. The van der Waals surface area contributed by atoms with E-state index in [1.54, 1.807) is 33.9 Å². The summed E-state index contributed by atoms with van der Waals surface area (Å²) in [6.07, 6.45) is 8.63. The lowest BCUT2D eigenvalue weighted by molar-refractivity contribution is -0.385. The number of nitrogen functional groups attached to an aromatic ring is 2. The predicted octanol–water partition coefficient (Wildman–Crippen LogP) is 9.90. The smallest absolute Gasteiger partial charge is 0.274 e. The molecule has 0 heterocycles. The first-order valence-electron chi connectivity index (χ1n) is 12.4. The molecule has 0 amide bonds. The zero-order chi connectivity index (χ0) is 34.9. The Kier molecular flexibility index (Phi) is 28.6. The van der Waals surface area contributed by atoms with Crippen molar-refractivity contribution in [3.8, 4) is 0 Å². The van der Waals surface area contributed by atoms with Gasteiger partial charge in [0.2, 0.25) is 0 Å². The maximum atomic E-state index is 12.7. The highest BCUT2D eigenvalue weighted by atomic mass is 33.1. The second kappa shape index (κ2) is 27.9. The van der Waals surface area contributed by atoms with Crippen molar-refractivity contribution in [3.05, 3.63) is 97.2 Å². The molecule has 0 unspecified atom stereocenters. The average molecular weight is 728 g/mol. The molecule has 0 fully saturated rings. The minimum absolute atomic E-state index is 0. The van der Waals surface area contributed by atoms with E-state index in [1.807, 2.05) is 6.26 Å². The Morgan fingerprint density at radius 2 is 1.13 bits per heavy atom. The van der Waals surface area contributed by atoms with Crippen LogP contribution in [0.25, 0.3) is 0 Å². The topological polar surface area (TPSA) is 177 Å². The number of halogens is 3. The normalized spacial score (nSPS) is 9.26. The minimum Gasteiger partial charge on any atom is -0.399 e. The Labute approximate surface area is 283 Å². The molecule has 0 aliphatic rings. The van der Waals surface area contributed by atoms with Gasteiger partial charge in [0.1, 0.15) is 24.1 Å². The minimum atomic E-state index is -0.698. The summed E-state index contributed by atoms with van der Waals surface area (Å²) in [5, 5.41) is 22.6. The number of anilines is 2. The van der Waals surface area contributed by atoms with Crippen molar-refractivity contribution in [2.24, 2.45) is 11.3 Å². The highest BCUT2D eigenvalue weighted by molar-refractivity contribution is 8.76. The molecule has 0 saturated carbocycles. The van der Waals surface area contributed by atoms with Crippen LogP contribution >= 0.6 is 45.1 Å². The summed E-state index contributed by atoms with van der Waals surface area (Å²) < 4.78 is 37.6. The summed E-state index contributed by atoms with van der Waals surface area (Å²) in [6.45, 7) is 4.57. The van der Waals surface area contributed by atoms with Crippen LogP contribution in [0.2, 0.25) is 0 Å². The fraction of sp³-hybridized carbons (Fsp3) is 0.357. The van der Waals surface area contributed by atoms with Crippen molar-refractivity contribution in [1.82, 2.24) is 0 Å². The summed E-state index contributed by atoms with van der Waals surface area (Å²) in [6, 6.07) is 11.0. The van der Waals surface area contributed by atoms with E-state index in [0.29, 0.717) is 23.1 Å². The van der Waals surface area contributed by atoms with Crippen molar-refractivity contribution in [2.45, 2.75) is 37.5 Å². The third kappa shape index (κ3) is 24.9. The van der Waals surface area contributed by atoms with Crippen LogP contribution in [0.5, 0.6) is 0 Å². The SMILES string of the molecule is C.CC(C)CCON=O.CSSC.CSc1cc(F)cc([N+](=O)[O-])c1.CSc1cc(N)cc(F)c1.Nc1cc(F)cc([N+](=O)[O-])c1. The number of thioether (sulfide) groups is 2. The molecule has 0 aromatic heterocycles. The number of nitro benzene ring substituents is 2. The van der Waals surface area contributed by atoms with Gasteiger partial charge in [-0.05, 0) is 67.7 Å². The second-order valence-corrected chi connectivity index (χ2v) is 12.9. The Morgan fingerprint density at radius 3 is 1.48 bits per heavy atom. The van der Waals surface area contributed by atoms with E-state index in [-0.39, 0.29) is 30.3 Å². The van der Waals surface area contributed by atoms with Crippen LogP contribution in [0.1, 0.15) is 27.7 Å². The van der Waals surface area contributed by atoms with Crippen LogP contribution in [-0.2, 0) is 4.84 Å². The van der Waals surface area contributed by atoms with Crippen molar-refractivity contribution in [3.63, 3.8) is 0 Å². The van der Waals surface area contributed by atoms with Gasteiger partial charge in [-0.2, -0.15) is 0 Å². The summed E-state index contributed by atoms with van der Waals surface area (Å²) in [4.78, 5) is 34.0. The molecule has 258 valence electrons. The van der Waals surface area contributed by atoms with Gasteiger partial charge >= 0.3 is 0 Å². The lowest BCUT2D eigenvalue weighted by atomic mass is 10.1. The van der Waals surface area contributed by atoms with Gasteiger partial charge in [0, 0.05) is 33.3 Å². The van der Waals surface area contributed by atoms with Crippen LogP contribution in [-0.4, -0.2) is 41.5 Å². The summed E-state index contributed by atoms with van der Waals surface area (Å²) >= 11 is 2.75. The number of nitrogens with zero attached hydrogens (tertiary/aromatic N) is 3. The highest BCUT2D eigenvalue weighted by Crippen LogP contribution is 2.22. The molecule has 4 N–H and O–H groups in total. The van der Waals surface area contributed by atoms with Crippen LogP contribution in [0.3, 0.4) is 0 Å². The fourth-order valence-corrected chi connectivity index (χ4v) is 3.45. The largest absolute Gasteiger partial charge is 0.399 e. The first-order chi connectivity index (χ1) is 21.1. The molecule has 0 radical (unpaired) electrons. The zero-order valence-corrected chi connectivity index (χ0v) is 28.7. The van der Waals surface area contributed by atoms with Crippen LogP contribution in [0.15, 0.2) is 69.7 Å². The van der Waals surface area contributed by atoms with Crippen molar-refractivity contribution >= 4 is 67.9 Å². The maximum Gasteiger partial charge on any atom is 0.274 e. The van der Waals surface area contributed by atoms with E-state index in [9.17, 15) is 38.3 Å². The molecule has 0 aliphatic carbocycles. The van der Waals surface area contributed by atoms with Crippen LogP contribution < -0.4 is 11.5 Å². The number of non-ortho nitro benzene ring substituents is 2. The highest BCUT2D eigenvalue weighted by Gasteiger charge is 2.09. The number of nitro groups is 2. The van der Waals surface area contributed by atoms with Gasteiger partial charge < -0.3 is 16.3 Å². The molecule has 0 saturated heterocycles. The van der Waals surface area contributed by atoms with Gasteiger partial charge in [-0.25, -0.2) is 13.2 Å². The molecule has 0 atom stereocenters. The predicted molar refractivity (Wildman–Crippen MR) is 190 cm³/mol. The third-order valence-corrected chi connectivity index (χ3v) is 7.30. The van der Waals surface area contributed by atoms with E-state index < -0.39 is 21.5 Å².